The fourth-order valence-corrected chi connectivity index (χ4v) is 6.36. The summed E-state index contributed by atoms with van der Waals surface area (Å²) in [5.74, 6) is 2.52. The molecule has 3 unspecified atom stereocenters. The lowest BCUT2D eigenvalue weighted by Gasteiger charge is -2.58. The van der Waals surface area contributed by atoms with Gasteiger partial charge in [0.2, 0.25) is 0 Å². The lowest BCUT2D eigenvalue weighted by atomic mass is 9.52. The Balaban J connectivity index is 1.42. The third kappa shape index (κ3) is 2.30. The molecule has 4 bridgehead atoms. The molecule has 7 heteroatoms. The summed E-state index contributed by atoms with van der Waals surface area (Å²) in [4.78, 5) is 4.66. The van der Waals surface area contributed by atoms with Gasteiger partial charge in [-0.05, 0) is 60.3 Å². The minimum absolute atomic E-state index is 0.405. The van der Waals surface area contributed by atoms with Crippen LogP contribution in [0.4, 0.5) is 5.69 Å². The molecule has 0 saturated heterocycles. The van der Waals surface area contributed by atoms with Gasteiger partial charge < -0.3 is 10.4 Å². The van der Waals surface area contributed by atoms with Gasteiger partial charge in [0.15, 0.2) is 5.82 Å². The van der Waals surface area contributed by atoms with Crippen molar-refractivity contribution in [1.82, 2.24) is 25.2 Å². The van der Waals surface area contributed by atoms with Gasteiger partial charge in [0, 0.05) is 31.3 Å². The van der Waals surface area contributed by atoms with Crippen LogP contribution >= 0.6 is 0 Å². The first-order chi connectivity index (χ1) is 13.1. The number of hydrogen-bond donors (Lipinski definition) is 2. The van der Waals surface area contributed by atoms with Gasteiger partial charge in [0.25, 0.3) is 0 Å². The maximum atomic E-state index is 10.9. The lowest BCUT2D eigenvalue weighted by Crippen LogP contribution is -2.59. The Morgan fingerprint density at radius 2 is 2.04 bits per heavy atom. The first kappa shape index (κ1) is 15.7. The first-order valence-corrected chi connectivity index (χ1v) is 10.00. The molecule has 2 aromatic heterocycles. The standard InChI is InChI=1S/C20H24N6O/c1-26-19(23-24-25-26)15-10-21-16-4-2-3-14(16)18(15)22-17-12-5-11-6-13(17)9-20(27,7-11)8-12/h2-3,10-13,17,27H,4-9H2,1H3,(H,21,22)/t11?,12-,13+,17?,20?. The van der Waals surface area contributed by atoms with Gasteiger partial charge >= 0.3 is 0 Å². The number of hydrogen-bond acceptors (Lipinski definition) is 6. The Labute approximate surface area is 157 Å². The Kier molecular flexibility index (Phi) is 3.14. The zero-order valence-electron chi connectivity index (χ0n) is 15.5. The number of aromatic nitrogens is 5. The van der Waals surface area contributed by atoms with Gasteiger partial charge in [0.05, 0.1) is 22.5 Å². The molecule has 7 rings (SSSR count). The smallest absolute Gasteiger partial charge is 0.185 e. The highest BCUT2D eigenvalue weighted by molar-refractivity contribution is 5.84. The van der Waals surface area contributed by atoms with Crippen molar-refractivity contribution in [2.45, 2.75) is 50.2 Å². The molecule has 27 heavy (non-hydrogen) atoms. The predicted molar refractivity (Wildman–Crippen MR) is 101 cm³/mol. The van der Waals surface area contributed by atoms with E-state index < -0.39 is 5.60 Å². The van der Waals surface area contributed by atoms with Gasteiger partial charge in [-0.15, -0.1) is 5.10 Å². The van der Waals surface area contributed by atoms with Gasteiger partial charge in [0.1, 0.15) is 0 Å². The van der Waals surface area contributed by atoms with E-state index in [0.29, 0.717) is 23.8 Å². The molecule has 0 spiro atoms. The molecule has 5 aliphatic rings. The number of nitrogens with zero attached hydrogens (tertiary/aromatic N) is 5. The van der Waals surface area contributed by atoms with E-state index in [1.165, 1.54) is 18.4 Å². The molecule has 2 heterocycles. The normalized spacial score (nSPS) is 35.6. The number of aryl methyl sites for hydroxylation is 1. The molecule has 7 nitrogen and oxygen atoms in total. The molecule has 4 saturated carbocycles. The van der Waals surface area contributed by atoms with Crippen LogP contribution in [0, 0.1) is 17.8 Å². The van der Waals surface area contributed by atoms with Crippen LogP contribution in [0.1, 0.15) is 43.4 Å². The molecule has 0 aromatic carbocycles. The van der Waals surface area contributed by atoms with E-state index in [-0.39, 0.29) is 0 Å². The topological polar surface area (TPSA) is 88.8 Å². The Bertz CT molecular complexity index is 934. The third-order valence-corrected chi connectivity index (χ3v) is 7.21. The summed E-state index contributed by atoms with van der Waals surface area (Å²) in [7, 11) is 1.86. The van der Waals surface area contributed by atoms with E-state index in [9.17, 15) is 5.11 Å². The third-order valence-electron chi connectivity index (χ3n) is 7.21. The van der Waals surface area contributed by atoms with Gasteiger partial charge in [-0.1, -0.05) is 12.2 Å². The van der Waals surface area contributed by atoms with E-state index in [1.54, 1.807) is 4.68 Å². The van der Waals surface area contributed by atoms with Crippen molar-refractivity contribution in [2.24, 2.45) is 24.8 Å². The molecule has 0 amide bonds. The van der Waals surface area contributed by atoms with Crippen molar-refractivity contribution in [3.63, 3.8) is 0 Å². The predicted octanol–water partition coefficient (Wildman–Crippen LogP) is 2.19. The number of nitrogens with one attached hydrogen (secondary N) is 1. The number of aliphatic hydroxyl groups is 1. The van der Waals surface area contributed by atoms with Crippen molar-refractivity contribution in [3.8, 4) is 11.4 Å². The first-order valence-electron chi connectivity index (χ1n) is 10.00. The Hall–Kier alpha value is -2.28. The molecule has 0 radical (unpaired) electrons. The van der Waals surface area contributed by atoms with Crippen LogP contribution in [0.25, 0.3) is 17.5 Å². The second kappa shape index (κ2) is 5.38. The average molecular weight is 364 g/mol. The van der Waals surface area contributed by atoms with E-state index in [4.69, 9.17) is 0 Å². The van der Waals surface area contributed by atoms with Crippen LogP contribution < -0.4 is 5.32 Å². The SMILES string of the molecule is Cn1nnnc1-c1cnc2c(c1NC1[C@@H]3CC4C[C@H]1CC(O)(C4)C3)C=CC2. The summed E-state index contributed by atoms with van der Waals surface area (Å²) in [6.07, 6.45) is 12.5. The van der Waals surface area contributed by atoms with Crippen LogP contribution in [-0.4, -0.2) is 41.9 Å². The highest BCUT2D eigenvalue weighted by atomic mass is 16.3. The summed E-state index contributed by atoms with van der Waals surface area (Å²) in [6.45, 7) is 0. The summed E-state index contributed by atoms with van der Waals surface area (Å²) in [5.41, 5.74) is 3.93. The minimum atomic E-state index is -0.412. The Morgan fingerprint density at radius 3 is 2.74 bits per heavy atom. The second-order valence-electron chi connectivity index (χ2n) is 9.00. The quantitative estimate of drug-likeness (QED) is 0.868. The number of tetrazole rings is 1. The van der Waals surface area contributed by atoms with E-state index in [1.807, 2.05) is 13.2 Å². The lowest BCUT2D eigenvalue weighted by molar-refractivity contribution is -0.129. The number of allylic oxidation sites excluding steroid dienone is 1. The van der Waals surface area contributed by atoms with Gasteiger partial charge in [-0.25, -0.2) is 4.68 Å². The largest absolute Gasteiger partial charge is 0.390 e. The van der Waals surface area contributed by atoms with Crippen molar-refractivity contribution in [1.29, 1.82) is 0 Å². The molecule has 5 aliphatic carbocycles. The maximum absolute atomic E-state index is 10.9. The van der Waals surface area contributed by atoms with Crippen LogP contribution in [0.15, 0.2) is 12.3 Å². The molecule has 0 aliphatic heterocycles. The van der Waals surface area contributed by atoms with Gasteiger partial charge in [-0.3, -0.25) is 4.98 Å². The maximum Gasteiger partial charge on any atom is 0.185 e. The number of pyridine rings is 1. The number of anilines is 1. The fourth-order valence-electron chi connectivity index (χ4n) is 6.36. The fraction of sp³-hybridized carbons (Fsp3) is 0.600. The number of fused-ring (bicyclic) bond motifs is 1. The van der Waals surface area contributed by atoms with Crippen molar-refractivity contribution in [3.05, 3.63) is 23.5 Å². The van der Waals surface area contributed by atoms with Gasteiger partial charge in [-0.2, -0.15) is 0 Å². The monoisotopic (exact) mass is 364 g/mol. The molecule has 4 fully saturated rings. The second-order valence-corrected chi connectivity index (χ2v) is 9.00. The highest BCUT2D eigenvalue weighted by Gasteiger charge is 2.54. The molecular formula is C20H24N6O. The molecule has 5 atom stereocenters. The molecule has 2 aromatic rings. The van der Waals surface area contributed by atoms with Crippen molar-refractivity contribution in [2.75, 3.05) is 5.32 Å². The highest BCUT2D eigenvalue weighted by Crippen LogP contribution is 2.56. The van der Waals surface area contributed by atoms with Crippen LogP contribution in [0.2, 0.25) is 0 Å². The van der Waals surface area contributed by atoms with Crippen LogP contribution in [0.5, 0.6) is 0 Å². The average Bonchev–Trinajstić information content (AvgIpc) is 3.25. The zero-order valence-corrected chi connectivity index (χ0v) is 15.5. The summed E-state index contributed by atoms with van der Waals surface area (Å²) in [5, 5.41) is 26.9. The summed E-state index contributed by atoms with van der Waals surface area (Å²) >= 11 is 0. The Morgan fingerprint density at radius 1 is 1.22 bits per heavy atom. The summed E-state index contributed by atoms with van der Waals surface area (Å²) in [6, 6.07) is 0.405. The van der Waals surface area contributed by atoms with Crippen molar-refractivity contribution >= 4 is 11.8 Å². The van der Waals surface area contributed by atoms with Crippen LogP contribution in [0.3, 0.4) is 0 Å². The number of rotatable bonds is 3. The molecular weight excluding hydrogens is 340 g/mol. The zero-order chi connectivity index (χ0) is 18.2. The van der Waals surface area contributed by atoms with E-state index >= 15 is 0 Å². The van der Waals surface area contributed by atoms with E-state index in [0.717, 1.165) is 48.5 Å². The van der Waals surface area contributed by atoms with E-state index in [2.05, 4.69) is 38.0 Å². The van der Waals surface area contributed by atoms with Crippen LogP contribution in [-0.2, 0) is 13.5 Å². The molecule has 140 valence electrons. The summed E-state index contributed by atoms with van der Waals surface area (Å²) < 4.78 is 1.70. The van der Waals surface area contributed by atoms with Crippen molar-refractivity contribution < 1.29 is 5.11 Å². The molecule has 2 N–H and O–H groups in total. The minimum Gasteiger partial charge on any atom is -0.390 e.